The molecule has 0 saturated heterocycles. The first-order valence-electron chi connectivity index (χ1n) is 8.26. The van der Waals surface area contributed by atoms with Crippen molar-refractivity contribution in [3.63, 3.8) is 0 Å². The van der Waals surface area contributed by atoms with Crippen LogP contribution in [0.1, 0.15) is 32.2 Å². The Morgan fingerprint density at radius 1 is 1.12 bits per heavy atom. The average molecular weight is 348 g/mol. The summed E-state index contributed by atoms with van der Waals surface area (Å²) < 4.78 is 1.62. The fraction of sp³-hybridized carbons (Fsp3) is 0.150. The number of aromatic nitrogens is 2. The van der Waals surface area contributed by atoms with Crippen LogP contribution in [-0.4, -0.2) is 27.7 Å². The Bertz CT molecular complexity index is 984. The Kier molecular flexibility index (Phi) is 4.84. The summed E-state index contributed by atoms with van der Waals surface area (Å²) in [5.74, 6) is -0.557. The van der Waals surface area contributed by atoms with E-state index >= 15 is 0 Å². The Morgan fingerprint density at radius 2 is 1.85 bits per heavy atom. The van der Waals surface area contributed by atoms with Crippen LogP contribution in [-0.2, 0) is 0 Å². The predicted molar refractivity (Wildman–Crippen MR) is 102 cm³/mol. The standard InChI is InChI=1S/C20H20N4O2/c1-4-11-21-19(25)17-15-10-5-6-12-24(15)18(22-17)20(26)23-16-13(2)8-7-9-14(16)3/h4-10,12H,1,11H2,2-3H3,(H,21,25)(H,23,26). The lowest BCUT2D eigenvalue weighted by atomic mass is 10.1. The molecule has 2 N–H and O–H groups in total. The van der Waals surface area contributed by atoms with Gasteiger partial charge < -0.3 is 10.6 Å². The van der Waals surface area contributed by atoms with Gasteiger partial charge in [-0.25, -0.2) is 4.98 Å². The minimum absolute atomic E-state index is 0.159. The average Bonchev–Trinajstić information content (AvgIpc) is 3.02. The number of nitrogens with zero attached hydrogens (tertiary/aromatic N) is 2. The number of pyridine rings is 1. The highest BCUT2D eigenvalue weighted by atomic mass is 16.2. The first-order valence-corrected chi connectivity index (χ1v) is 8.26. The van der Waals surface area contributed by atoms with E-state index < -0.39 is 0 Å². The molecule has 2 heterocycles. The van der Waals surface area contributed by atoms with Crippen molar-refractivity contribution in [2.45, 2.75) is 13.8 Å². The van der Waals surface area contributed by atoms with Crippen molar-refractivity contribution in [1.82, 2.24) is 14.7 Å². The second-order valence-corrected chi connectivity index (χ2v) is 5.96. The van der Waals surface area contributed by atoms with E-state index in [1.54, 1.807) is 34.9 Å². The number of aryl methyl sites for hydroxylation is 2. The fourth-order valence-electron chi connectivity index (χ4n) is 2.79. The van der Waals surface area contributed by atoms with E-state index in [2.05, 4.69) is 22.2 Å². The third kappa shape index (κ3) is 3.21. The zero-order valence-electron chi connectivity index (χ0n) is 14.7. The van der Waals surface area contributed by atoms with Crippen molar-refractivity contribution < 1.29 is 9.59 Å². The van der Waals surface area contributed by atoms with Crippen LogP contribution in [0.5, 0.6) is 0 Å². The highest BCUT2D eigenvalue weighted by Gasteiger charge is 2.21. The van der Waals surface area contributed by atoms with Crippen molar-refractivity contribution in [3.8, 4) is 0 Å². The SMILES string of the molecule is C=CCNC(=O)c1nc(C(=O)Nc2c(C)cccc2C)n2ccccc12. The summed E-state index contributed by atoms with van der Waals surface area (Å²) in [7, 11) is 0. The summed E-state index contributed by atoms with van der Waals surface area (Å²) in [6.07, 6.45) is 3.30. The van der Waals surface area contributed by atoms with Crippen molar-refractivity contribution >= 4 is 23.0 Å². The maximum atomic E-state index is 12.8. The lowest BCUT2D eigenvalue weighted by Crippen LogP contribution is -2.24. The number of nitrogens with one attached hydrogen (secondary N) is 2. The van der Waals surface area contributed by atoms with Gasteiger partial charge >= 0.3 is 0 Å². The molecule has 0 aliphatic heterocycles. The molecule has 26 heavy (non-hydrogen) atoms. The second kappa shape index (κ2) is 7.23. The highest BCUT2D eigenvalue weighted by Crippen LogP contribution is 2.21. The Balaban J connectivity index is 2.01. The topological polar surface area (TPSA) is 75.5 Å². The number of hydrogen-bond donors (Lipinski definition) is 2. The zero-order chi connectivity index (χ0) is 18.7. The molecule has 2 aromatic heterocycles. The van der Waals surface area contributed by atoms with Gasteiger partial charge in [0.05, 0.1) is 5.52 Å². The molecule has 0 aliphatic rings. The number of fused-ring (bicyclic) bond motifs is 1. The van der Waals surface area contributed by atoms with Gasteiger partial charge in [-0.15, -0.1) is 6.58 Å². The molecule has 6 nitrogen and oxygen atoms in total. The summed E-state index contributed by atoms with van der Waals surface area (Å²) in [6.45, 7) is 7.77. The van der Waals surface area contributed by atoms with Gasteiger partial charge in [-0.2, -0.15) is 0 Å². The van der Waals surface area contributed by atoms with Gasteiger partial charge in [0.25, 0.3) is 11.8 Å². The summed E-state index contributed by atoms with van der Waals surface area (Å²) >= 11 is 0. The normalized spacial score (nSPS) is 10.5. The van der Waals surface area contributed by atoms with Gasteiger partial charge in [-0.3, -0.25) is 14.0 Å². The molecule has 2 amide bonds. The van der Waals surface area contributed by atoms with Gasteiger partial charge in [0.15, 0.2) is 5.69 Å². The van der Waals surface area contributed by atoms with Crippen molar-refractivity contribution in [1.29, 1.82) is 0 Å². The lowest BCUT2D eigenvalue weighted by Gasteiger charge is -2.10. The number of imidazole rings is 1. The molecule has 0 fully saturated rings. The minimum Gasteiger partial charge on any atom is -0.347 e. The van der Waals surface area contributed by atoms with Crippen LogP contribution in [0, 0.1) is 13.8 Å². The van der Waals surface area contributed by atoms with E-state index in [-0.39, 0.29) is 23.3 Å². The molecule has 3 rings (SSSR count). The number of amides is 2. The fourth-order valence-corrected chi connectivity index (χ4v) is 2.79. The van der Waals surface area contributed by atoms with Crippen molar-refractivity contribution in [3.05, 3.63) is 77.9 Å². The number of rotatable bonds is 5. The van der Waals surface area contributed by atoms with Crippen molar-refractivity contribution in [2.24, 2.45) is 0 Å². The molecule has 1 aromatic carbocycles. The number of benzene rings is 1. The summed E-state index contributed by atoms with van der Waals surface area (Å²) in [5, 5.41) is 5.61. The van der Waals surface area contributed by atoms with Crippen LogP contribution in [0.2, 0.25) is 0 Å². The van der Waals surface area contributed by atoms with E-state index in [1.165, 1.54) is 0 Å². The smallest absolute Gasteiger partial charge is 0.292 e. The Hall–Kier alpha value is -3.41. The molecule has 0 unspecified atom stereocenters. The number of carbonyl (C=O) groups excluding carboxylic acids is 2. The molecular formula is C20H20N4O2. The molecule has 132 valence electrons. The largest absolute Gasteiger partial charge is 0.347 e. The van der Waals surface area contributed by atoms with Crippen LogP contribution in [0.4, 0.5) is 5.69 Å². The predicted octanol–water partition coefficient (Wildman–Crippen LogP) is 3.12. The third-order valence-corrected chi connectivity index (χ3v) is 4.09. The zero-order valence-corrected chi connectivity index (χ0v) is 14.7. The molecule has 0 atom stereocenters. The van der Waals surface area contributed by atoms with E-state index in [9.17, 15) is 9.59 Å². The summed E-state index contributed by atoms with van der Waals surface area (Å²) in [5.41, 5.74) is 3.45. The van der Waals surface area contributed by atoms with Gasteiger partial charge in [0, 0.05) is 18.4 Å². The van der Waals surface area contributed by atoms with Crippen LogP contribution in [0.15, 0.2) is 55.3 Å². The first-order chi connectivity index (χ1) is 12.5. The Labute approximate surface area is 151 Å². The maximum Gasteiger partial charge on any atom is 0.292 e. The summed E-state index contributed by atoms with van der Waals surface area (Å²) in [6, 6.07) is 11.1. The first kappa shape index (κ1) is 17.4. The number of para-hydroxylation sites is 1. The highest BCUT2D eigenvalue weighted by molar-refractivity contribution is 6.06. The minimum atomic E-state index is -0.369. The van der Waals surface area contributed by atoms with Crippen LogP contribution < -0.4 is 10.6 Å². The van der Waals surface area contributed by atoms with Gasteiger partial charge in [0.1, 0.15) is 0 Å². The molecule has 6 heteroatoms. The van der Waals surface area contributed by atoms with Gasteiger partial charge in [-0.1, -0.05) is 30.3 Å². The monoisotopic (exact) mass is 348 g/mol. The summed E-state index contributed by atoms with van der Waals surface area (Å²) in [4.78, 5) is 29.5. The molecular weight excluding hydrogens is 328 g/mol. The molecule has 0 saturated carbocycles. The van der Waals surface area contributed by atoms with Gasteiger partial charge in [0.2, 0.25) is 5.82 Å². The van der Waals surface area contributed by atoms with Gasteiger partial charge in [-0.05, 0) is 37.1 Å². The molecule has 0 bridgehead atoms. The Morgan fingerprint density at radius 3 is 2.54 bits per heavy atom. The number of carbonyl (C=O) groups is 2. The van der Waals surface area contributed by atoms with Crippen LogP contribution in [0.3, 0.4) is 0 Å². The lowest BCUT2D eigenvalue weighted by molar-refractivity contribution is 0.0955. The van der Waals surface area contributed by atoms with E-state index in [1.807, 2.05) is 32.0 Å². The maximum absolute atomic E-state index is 12.8. The van der Waals surface area contributed by atoms with Crippen LogP contribution >= 0.6 is 0 Å². The second-order valence-electron chi connectivity index (χ2n) is 5.96. The van der Waals surface area contributed by atoms with Crippen molar-refractivity contribution in [2.75, 3.05) is 11.9 Å². The number of hydrogen-bond acceptors (Lipinski definition) is 3. The van der Waals surface area contributed by atoms with Crippen LogP contribution in [0.25, 0.3) is 5.52 Å². The van der Waals surface area contributed by atoms with E-state index in [0.717, 1.165) is 16.8 Å². The molecule has 0 spiro atoms. The van der Waals surface area contributed by atoms with E-state index in [0.29, 0.717) is 12.1 Å². The molecule has 0 aliphatic carbocycles. The third-order valence-electron chi connectivity index (χ3n) is 4.09. The quantitative estimate of drug-likeness (QED) is 0.696. The number of anilines is 1. The molecule has 0 radical (unpaired) electrons. The van der Waals surface area contributed by atoms with E-state index in [4.69, 9.17) is 0 Å². The molecule has 3 aromatic rings.